The maximum Gasteiger partial charge on any atom is 0.341 e. The van der Waals surface area contributed by atoms with Crippen LogP contribution >= 0.6 is 0 Å². The molecule has 0 spiro atoms. The molecule has 0 fully saturated rings. The van der Waals surface area contributed by atoms with Crippen LogP contribution < -0.4 is 4.74 Å². The zero-order chi connectivity index (χ0) is 17.9. The van der Waals surface area contributed by atoms with Crippen molar-refractivity contribution in [2.24, 2.45) is 0 Å². The van der Waals surface area contributed by atoms with Crippen LogP contribution in [0.2, 0.25) is 0 Å². The number of benzene rings is 1. The molecule has 6 nitrogen and oxygen atoms in total. The molecule has 0 bridgehead atoms. The summed E-state index contributed by atoms with van der Waals surface area (Å²) in [6.45, 7) is 5.05. The molecule has 0 aliphatic rings. The van der Waals surface area contributed by atoms with E-state index in [1.54, 1.807) is 50.3 Å². The number of hydrogen-bond acceptors (Lipinski definition) is 4. The van der Waals surface area contributed by atoms with Crippen LogP contribution in [0.5, 0.6) is 5.75 Å². The van der Waals surface area contributed by atoms with E-state index in [-0.39, 0.29) is 11.9 Å². The molecule has 1 unspecified atom stereocenters. The van der Waals surface area contributed by atoms with Gasteiger partial charge in [-0.25, -0.2) is 4.79 Å². The Balaban J connectivity index is 2.22. The number of rotatable bonds is 6. The van der Waals surface area contributed by atoms with Gasteiger partial charge in [0.15, 0.2) is 6.61 Å². The average molecular weight is 331 g/mol. The topological polar surface area (TPSA) is 80.0 Å². The lowest BCUT2D eigenvalue weighted by Crippen LogP contribution is -2.29. The first kappa shape index (κ1) is 17.6. The summed E-state index contributed by atoms with van der Waals surface area (Å²) in [5.74, 6) is 0.0206. The summed E-state index contributed by atoms with van der Waals surface area (Å²) in [5.41, 5.74) is 1.96. The highest BCUT2D eigenvalue weighted by Crippen LogP contribution is 2.27. The van der Waals surface area contributed by atoms with Gasteiger partial charge in [0.2, 0.25) is 0 Å². The lowest BCUT2D eigenvalue weighted by molar-refractivity contribution is -0.139. The van der Waals surface area contributed by atoms with Crippen molar-refractivity contribution < 1.29 is 23.8 Å². The van der Waals surface area contributed by atoms with Crippen molar-refractivity contribution in [3.05, 3.63) is 53.0 Å². The van der Waals surface area contributed by atoms with E-state index in [0.717, 1.165) is 11.1 Å². The van der Waals surface area contributed by atoms with Crippen molar-refractivity contribution in [2.75, 3.05) is 13.7 Å². The Kier molecular flexibility index (Phi) is 5.28. The fraction of sp³-hybridized carbons (Fsp3) is 0.333. The number of carboxylic acids is 1. The summed E-state index contributed by atoms with van der Waals surface area (Å²) >= 11 is 0. The molecule has 1 aromatic heterocycles. The second-order valence-corrected chi connectivity index (χ2v) is 5.73. The van der Waals surface area contributed by atoms with Crippen LogP contribution in [0.25, 0.3) is 0 Å². The molecule has 0 saturated heterocycles. The van der Waals surface area contributed by atoms with Crippen LogP contribution in [0.15, 0.2) is 34.9 Å². The first-order valence-electron chi connectivity index (χ1n) is 7.57. The number of ether oxygens (including phenoxy) is 1. The minimum absolute atomic E-state index is 0.144. The highest BCUT2D eigenvalue weighted by molar-refractivity contribution is 5.95. The molecular formula is C18H21NO5. The summed E-state index contributed by atoms with van der Waals surface area (Å²) in [6.07, 6.45) is 1.58. The largest absolute Gasteiger partial charge is 0.481 e. The summed E-state index contributed by atoms with van der Waals surface area (Å²) < 4.78 is 10.6. The van der Waals surface area contributed by atoms with Gasteiger partial charge < -0.3 is 19.2 Å². The number of carbonyl (C=O) groups excluding carboxylic acids is 1. The molecule has 1 aromatic carbocycles. The zero-order valence-electron chi connectivity index (χ0n) is 14.2. The van der Waals surface area contributed by atoms with E-state index in [0.29, 0.717) is 17.1 Å². The SMILES string of the molecule is Cc1cc(C(=O)N(C)C(C)c2ccco2)cc(C)c1OCC(=O)O. The maximum absolute atomic E-state index is 12.7. The predicted molar refractivity (Wildman–Crippen MR) is 88.3 cm³/mol. The van der Waals surface area contributed by atoms with Gasteiger partial charge >= 0.3 is 5.97 Å². The highest BCUT2D eigenvalue weighted by Gasteiger charge is 2.22. The van der Waals surface area contributed by atoms with Crippen molar-refractivity contribution >= 4 is 11.9 Å². The number of amides is 1. The molecule has 128 valence electrons. The smallest absolute Gasteiger partial charge is 0.341 e. The average Bonchev–Trinajstić information content (AvgIpc) is 3.05. The summed E-state index contributed by atoms with van der Waals surface area (Å²) in [5, 5.41) is 8.73. The Morgan fingerprint density at radius 1 is 1.29 bits per heavy atom. The van der Waals surface area contributed by atoms with Gasteiger partial charge in [-0.05, 0) is 56.2 Å². The van der Waals surface area contributed by atoms with Crippen LogP contribution in [0.1, 0.15) is 40.2 Å². The molecule has 6 heteroatoms. The minimum Gasteiger partial charge on any atom is -0.481 e. The number of furan rings is 1. The monoisotopic (exact) mass is 331 g/mol. The molecule has 2 rings (SSSR count). The first-order valence-corrected chi connectivity index (χ1v) is 7.57. The van der Waals surface area contributed by atoms with Crippen molar-refractivity contribution in [3.8, 4) is 5.75 Å². The number of nitrogens with zero attached hydrogens (tertiary/aromatic N) is 1. The van der Waals surface area contributed by atoms with Crippen molar-refractivity contribution in [3.63, 3.8) is 0 Å². The van der Waals surface area contributed by atoms with Crippen LogP contribution in [-0.2, 0) is 4.79 Å². The maximum atomic E-state index is 12.7. The molecule has 2 aromatic rings. The Morgan fingerprint density at radius 2 is 1.92 bits per heavy atom. The highest BCUT2D eigenvalue weighted by atomic mass is 16.5. The standard InChI is InChI=1S/C18H21NO5/c1-11-8-14(9-12(2)17(11)24-10-16(20)21)18(22)19(4)13(3)15-6-5-7-23-15/h5-9,13H,10H2,1-4H3,(H,20,21). The molecule has 1 heterocycles. The molecule has 1 amide bonds. The number of aliphatic carboxylic acids is 1. The summed E-state index contributed by atoms with van der Waals surface area (Å²) in [7, 11) is 1.72. The molecule has 0 aliphatic heterocycles. The van der Waals surface area contributed by atoms with Gasteiger partial charge in [-0.1, -0.05) is 0 Å². The fourth-order valence-corrected chi connectivity index (χ4v) is 2.53. The van der Waals surface area contributed by atoms with E-state index in [4.69, 9.17) is 14.3 Å². The molecule has 0 aliphatic carbocycles. The summed E-state index contributed by atoms with van der Waals surface area (Å²) in [6, 6.07) is 6.83. The first-order chi connectivity index (χ1) is 11.3. The number of hydrogen-bond donors (Lipinski definition) is 1. The third-order valence-corrected chi connectivity index (χ3v) is 3.90. The van der Waals surface area contributed by atoms with E-state index in [9.17, 15) is 9.59 Å². The van der Waals surface area contributed by atoms with Crippen LogP contribution in [0.3, 0.4) is 0 Å². The minimum atomic E-state index is -1.04. The predicted octanol–water partition coefficient (Wildman–Crippen LogP) is 3.19. The second kappa shape index (κ2) is 7.21. The fourth-order valence-electron chi connectivity index (χ4n) is 2.53. The van der Waals surface area contributed by atoms with E-state index < -0.39 is 12.6 Å². The van der Waals surface area contributed by atoms with Gasteiger partial charge in [0, 0.05) is 12.6 Å². The molecule has 24 heavy (non-hydrogen) atoms. The lowest BCUT2D eigenvalue weighted by atomic mass is 10.0. The third-order valence-electron chi connectivity index (χ3n) is 3.90. The number of carboxylic acid groups (broad SMARTS) is 1. The second-order valence-electron chi connectivity index (χ2n) is 5.73. The van der Waals surface area contributed by atoms with Gasteiger partial charge in [0.05, 0.1) is 12.3 Å². The van der Waals surface area contributed by atoms with Gasteiger partial charge in [0.1, 0.15) is 11.5 Å². The lowest BCUT2D eigenvalue weighted by Gasteiger charge is -2.24. The third kappa shape index (κ3) is 3.76. The van der Waals surface area contributed by atoms with E-state index in [1.165, 1.54) is 0 Å². The van der Waals surface area contributed by atoms with Gasteiger partial charge in [-0.2, -0.15) is 0 Å². The van der Waals surface area contributed by atoms with E-state index in [2.05, 4.69) is 0 Å². The molecule has 0 radical (unpaired) electrons. The van der Waals surface area contributed by atoms with Crippen LogP contribution in [0, 0.1) is 13.8 Å². The Hall–Kier alpha value is -2.76. The van der Waals surface area contributed by atoms with Crippen LogP contribution in [-0.4, -0.2) is 35.5 Å². The molecular weight excluding hydrogens is 310 g/mol. The molecule has 1 N–H and O–H groups in total. The Bertz CT molecular complexity index is 713. The Labute approximate surface area is 140 Å². The normalized spacial score (nSPS) is 11.8. The van der Waals surface area contributed by atoms with Crippen molar-refractivity contribution in [2.45, 2.75) is 26.8 Å². The molecule has 1 atom stereocenters. The van der Waals surface area contributed by atoms with E-state index in [1.807, 2.05) is 13.0 Å². The van der Waals surface area contributed by atoms with Gasteiger partial charge in [-0.3, -0.25) is 4.79 Å². The van der Waals surface area contributed by atoms with Gasteiger partial charge in [-0.15, -0.1) is 0 Å². The summed E-state index contributed by atoms with van der Waals surface area (Å²) in [4.78, 5) is 25.0. The van der Waals surface area contributed by atoms with Crippen LogP contribution in [0.4, 0.5) is 0 Å². The zero-order valence-corrected chi connectivity index (χ0v) is 14.2. The van der Waals surface area contributed by atoms with Gasteiger partial charge in [0.25, 0.3) is 5.91 Å². The number of aryl methyl sites for hydroxylation is 2. The van der Waals surface area contributed by atoms with Crippen molar-refractivity contribution in [1.82, 2.24) is 4.90 Å². The van der Waals surface area contributed by atoms with Crippen molar-refractivity contribution in [1.29, 1.82) is 0 Å². The number of carbonyl (C=O) groups is 2. The molecule has 0 saturated carbocycles. The Morgan fingerprint density at radius 3 is 2.42 bits per heavy atom. The quantitative estimate of drug-likeness (QED) is 0.879. The van der Waals surface area contributed by atoms with E-state index >= 15 is 0 Å².